The van der Waals surface area contributed by atoms with E-state index >= 15 is 0 Å². The van der Waals surface area contributed by atoms with Crippen LogP contribution >= 0.6 is 0 Å². The number of nitrogens with two attached hydrogens (primary N) is 1. The summed E-state index contributed by atoms with van der Waals surface area (Å²) in [7, 11) is -0.458. The average Bonchev–Trinajstić information content (AvgIpc) is 2.46. The lowest BCUT2D eigenvalue weighted by Crippen LogP contribution is -2.31. The van der Waals surface area contributed by atoms with Gasteiger partial charge in [-0.25, -0.2) is 13.6 Å². The third kappa shape index (κ3) is 4.09. The molecular formula is C14H22N2O4S. The average molecular weight is 314 g/mol. The van der Waals surface area contributed by atoms with E-state index in [-0.39, 0.29) is 17.0 Å². The molecule has 3 N–H and O–H groups in total. The van der Waals surface area contributed by atoms with E-state index in [1.54, 1.807) is 20.3 Å². The molecule has 7 heteroatoms. The Labute approximate surface area is 125 Å². The second-order valence-electron chi connectivity index (χ2n) is 5.27. The summed E-state index contributed by atoms with van der Waals surface area (Å²) in [4.78, 5) is 0.0740. The number of rotatable bonds is 5. The minimum atomic E-state index is -3.73. The van der Waals surface area contributed by atoms with Crippen molar-refractivity contribution < 1.29 is 17.9 Å². The normalized spacial score (nSPS) is 22.8. The van der Waals surface area contributed by atoms with Crippen molar-refractivity contribution in [1.82, 2.24) is 0 Å². The van der Waals surface area contributed by atoms with Crippen molar-refractivity contribution in [2.24, 2.45) is 5.14 Å². The van der Waals surface area contributed by atoms with E-state index in [1.807, 2.05) is 0 Å². The zero-order valence-electron chi connectivity index (χ0n) is 12.3. The minimum absolute atomic E-state index is 0.0740. The number of methoxy groups -OCH3 is 2. The van der Waals surface area contributed by atoms with Gasteiger partial charge in [-0.15, -0.1) is 0 Å². The second kappa shape index (κ2) is 6.64. The number of hydrogen-bond donors (Lipinski definition) is 2. The molecule has 0 amide bonds. The van der Waals surface area contributed by atoms with Gasteiger partial charge in [0.1, 0.15) is 5.75 Å². The molecule has 0 spiro atoms. The molecule has 1 saturated carbocycles. The number of primary sulfonamides is 1. The van der Waals surface area contributed by atoms with Gasteiger partial charge in [-0.1, -0.05) is 0 Å². The molecule has 21 heavy (non-hydrogen) atoms. The predicted molar refractivity (Wildman–Crippen MR) is 81.0 cm³/mol. The molecule has 118 valence electrons. The van der Waals surface area contributed by atoms with Gasteiger partial charge in [0.2, 0.25) is 10.0 Å². The molecule has 0 radical (unpaired) electrons. The molecule has 2 rings (SSSR count). The Balaban J connectivity index is 2.21. The van der Waals surface area contributed by atoms with Crippen LogP contribution in [0.5, 0.6) is 5.75 Å². The molecule has 1 aliphatic carbocycles. The van der Waals surface area contributed by atoms with Crippen LogP contribution in [0.25, 0.3) is 0 Å². The maximum atomic E-state index is 11.5. The van der Waals surface area contributed by atoms with Gasteiger partial charge in [0.25, 0.3) is 0 Å². The highest BCUT2D eigenvalue weighted by Gasteiger charge is 2.23. The zero-order valence-corrected chi connectivity index (χ0v) is 13.2. The lowest BCUT2D eigenvalue weighted by Gasteiger charge is -2.30. The highest BCUT2D eigenvalue weighted by Crippen LogP contribution is 2.31. The van der Waals surface area contributed by atoms with Gasteiger partial charge >= 0.3 is 0 Å². The maximum absolute atomic E-state index is 11.5. The summed E-state index contributed by atoms with van der Waals surface area (Å²) >= 11 is 0. The van der Waals surface area contributed by atoms with Gasteiger partial charge in [-0.05, 0) is 43.9 Å². The van der Waals surface area contributed by atoms with E-state index in [4.69, 9.17) is 14.6 Å². The molecule has 1 fully saturated rings. The summed E-state index contributed by atoms with van der Waals surface area (Å²) in [6, 6.07) is 4.80. The van der Waals surface area contributed by atoms with E-state index in [0.29, 0.717) is 11.4 Å². The number of sulfonamides is 1. The van der Waals surface area contributed by atoms with Crippen molar-refractivity contribution in [3.05, 3.63) is 18.2 Å². The molecular weight excluding hydrogens is 292 g/mol. The fraction of sp³-hybridized carbons (Fsp3) is 0.571. The quantitative estimate of drug-likeness (QED) is 0.863. The van der Waals surface area contributed by atoms with Crippen LogP contribution < -0.4 is 15.2 Å². The molecule has 2 unspecified atom stereocenters. The summed E-state index contributed by atoms with van der Waals surface area (Å²) in [5.74, 6) is 0.599. The highest BCUT2D eigenvalue weighted by atomic mass is 32.2. The van der Waals surface area contributed by atoms with Gasteiger partial charge in [0.05, 0.1) is 23.8 Å². The Kier molecular flexibility index (Phi) is 5.08. The Morgan fingerprint density at radius 2 is 2.05 bits per heavy atom. The van der Waals surface area contributed by atoms with Crippen molar-refractivity contribution in [2.75, 3.05) is 19.5 Å². The molecule has 0 heterocycles. The van der Waals surface area contributed by atoms with Crippen LogP contribution in [0, 0.1) is 0 Å². The first-order valence-corrected chi connectivity index (χ1v) is 8.49. The van der Waals surface area contributed by atoms with Crippen molar-refractivity contribution in [3.63, 3.8) is 0 Å². The van der Waals surface area contributed by atoms with Crippen molar-refractivity contribution in [2.45, 2.75) is 42.7 Å². The molecule has 1 aliphatic rings. The summed E-state index contributed by atoms with van der Waals surface area (Å²) < 4.78 is 33.6. The van der Waals surface area contributed by atoms with E-state index in [9.17, 15) is 8.42 Å². The van der Waals surface area contributed by atoms with Gasteiger partial charge in [-0.2, -0.15) is 0 Å². The topological polar surface area (TPSA) is 90.7 Å². The van der Waals surface area contributed by atoms with Crippen LogP contribution in [0.3, 0.4) is 0 Å². The van der Waals surface area contributed by atoms with Crippen LogP contribution in [0.1, 0.15) is 25.7 Å². The summed E-state index contributed by atoms with van der Waals surface area (Å²) in [6.45, 7) is 0. The first-order valence-electron chi connectivity index (χ1n) is 6.94. The smallest absolute Gasteiger partial charge is 0.238 e. The Hall–Kier alpha value is -1.31. The number of ether oxygens (including phenoxy) is 2. The van der Waals surface area contributed by atoms with Gasteiger partial charge in [-0.3, -0.25) is 0 Å². The SMILES string of the molecule is COc1ccc(S(N)(=O)=O)cc1NC1CCCC(OC)C1. The fourth-order valence-corrected chi connectivity index (χ4v) is 3.23. The summed E-state index contributed by atoms with van der Waals surface area (Å²) in [5.41, 5.74) is 0.644. The minimum Gasteiger partial charge on any atom is -0.495 e. The number of anilines is 1. The predicted octanol–water partition coefficient (Wildman–Crippen LogP) is 1.71. The van der Waals surface area contributed by atoms with E-state index in [2.05, 4.69) is 5.32 Å². The molecule has 0 bridgehead atoms. The first kappa shape index (κ1) is 16.1. The second-order valence-corrected chi connectivity index (χ2v) is 6.83. The highest BCUT2D eigenvalue weighted by molar-refractivity contribution is 7.89. The Morgan fingerprint density at radius 1 is 1.29 bits per heavy atom. The number of benzene rings is 1. The Morgan fingerprint density at radius 3 is 2.67 bits per heavy atom. The van der Waals surface area contributed by atoms with Crippen molar-refractivity contribution >= 4 is 15.7 Å². The molecule has 1 aromatic carbocycles. The van der Waals surface area contributed by atoms with Gasteiger partial charge in [0.15, 0.2) is 0 Å². The number of hydrogen-bond acceptors (Lipinski definition) is 5. The standard InChI is InChI=1S/C14H22N2O4S/c1-19-11-5-3-4-10(8-11)16-13-9-12(21(15,17)18)6-7-14(13)20-2/h6-7,9-11,16H,3-5,8H2,1-2H3,(H2,15,17,18). The van der Waals surface area contributed by atoms with Crippen LogP contribution in [-0.2, 0) is 14.8 Å². The van der Waals surface area contributed by atoms with Gasteiger partial charge < -0.3 is 14.8 Å². The van der Waals surface area contributed by atoms with E-state index in [0.717, 1.165) is 25.7 Å². The summed E-state index contributed by atoms with van der Waals surface area (Å²) in [6.07, 6.45) is 4.28. The van der Waals surface area contributed by atoms with Gasteiger partial charge in [0, 0.05) is 13.2 Å². The maximum Gasteiger partial charge on any atom is 0.238 e. The van der Waals surface area contributed by atoms with Crippen LogP contribution in [-0.4, -0.2) is 34.8 Å². The molecule has 0 aliphatic heterocycles. The van der Waals surface area contributed by atoms with E-state index < -0.39 is 10.0 Å². The molecule has 6 nitrogen and oxygen atoms in total. The van der Waals surface area contributed by atoms with Crippen LogP contribution in [0.15, 0.2) is 23.1 Å². The van der Waals surface area contributed by atoms with Crippen LogP contribution in [0.4, 0.5) is 5.69 Å². The number of nitrogens with one attached hydrogen (secondary N) is 1. The lowest BCUT2D eigenvalue weighted by atomic mass is 9.92. The molecule has 1 aromatic rings. The fourth-order valence-electron chi connectivity index (χ4n) is 2.69. The molecule has 0 aromatic heterocycles. The van der Waals surface area contributed by atoms with E-state index in [1.165, 1.54) is 12.1 Å². The van der Waals surface area contributed by atoms with Crippen LogP contribution in [0.2, 0.25) is 0 Å². The first-order chi connectivity index (χ1) is 9.94. The molecule has 0 saturated heterocycles. The third-order valence-electron chi connectivity index (χ3n) is 3.82. The lowest BCUT2D eigenvalue weighted by molar-refractivity contribution is 0.0669. The summed E-state index contributed by atoms with van der Waals surface area (Å²) in [5, 5.41) is 8.53. The third-order valence-corrected chi connectivity index (χ3v) is 4.73. The van der Waals surface area contributed by atoms with Crippen molar-refractivity contribution in [1.29, 1.82) is 0 Å². The Bertz CT molecular complexity index is 589. The monoisotopic (exact) mass is 314 g/mol. The zero-order chi connectivity index (χ0) is 15.5. The largest absolute Gasteiger partial charge is 0.495 e. The van der Waals surface area contributed by atoms with Crippen molar-refractivity contribution in [3.8, 4) is 5.75 Å². The molecule has 2 atom stereocenters.